The molecule has 0 aromatic rings. The molecule has 3 unspecified atom stereocenters. The maximum absolute atomic E-state index is 11.9. The average molecular weight is 288 g/mol. The summed E-state index contributed by atoms with van der Waals surface area (Å²) in [6, 6.07) is -0.412. The van der Waals surface area contributed by atoms with Gasteiger partial charge in [0.2, 0.25) is 0 Å². The number of carbonyl (C=O) groups excluding carboxylic acids is 1. The van der Waals surface area contributed by atoms with Gasteiger partial charge in [0.05, 0.1) is 5.92 Å². The molecule has 0 spiro atoms. The van der Waals surface area contributed by atoms with Crippen LogP contribution in [0.1, 0.15) is 39.0 Å². The molecule has 1 fully saturated rings. The Morgan fingerprint density at radius 2 is 2.00 bits per heavy atom. The number of hydrogen-bond acceptors (Lipinski definition) is 3. The number of hydrogen-bond donors (Lipinski definition) is 3. The van der Waals surface area contributed by atoms with E-state index in [1.165, 1.54) is 0 Å². The molecule has 1 aliphatic rings. The number of carbonyl (C=O) groups is 2. The van der Waals surface area contributed by atoms with Crippen molar-refractivity contribution in [1.82, 2.24) is 10.6 Å². The molecule has 3 atom stereocenters. The van der Waals surface area contributed by atoms with Crippen molar-refractivity contribution in [3.63, 3.8) is 0 Å². The van der Waals surface area contributed by atoms with Gasteiger partial charge < -0.3 is 15.7 Å². The molecule has 0 aromatic carbocycles. The van der Waals surface area contributed by atoms with Gasteiger partial charge in [-0.15, -0.1) is 0 Å². The van der Waals surface area contributed by atoms with Crippen LogP contribution in [-0.2, 0) is 4.79 Å². The van der Waals surface area contributed by atoms with Crippen molar-refractivity contribution in [2.75, 3.05) is 12.0 Å². The molecule has 1 rings (SSSR count). The number of thioether (sulfide) groups is 1. The molecular weight excluding hydrogens is 264 g/mol. The van der Waals surface area contributed by atoms with Crippen LogP contribution in [0.4, 0.5) is 4.79 Å². The molecule has 0 saturated heterocycles. The van der Waals surface area contributed by atoms with Gasteiger partial charge in [0.15, 0.2) is 0 Å². The highest BCUT2D eigenvalue weighted by Gasteiger charge is 2.30. The number of rotatable bonds is 5. The highest BCUT2D eigenvalue weighted by molar-refractivity contribution is 7.98. The summed E-state index contributed by atoms with van der Waals surface area (Å²) in [6.07, 6.45) is 6.35. The minimum atomic E-state index is -0.802. The van der Waals surface area contributed by atoms with Gasteiger partial charge in [-0.25, -0.2) is 4.79 Å². The first-order valence-corrected chi connectivity index (χ1v) is 8.22. The molecular formula is C13H24N2O3S. The third-order valence-electron chi connectivity index (χ3n) is 3.44. The first kappa shape index (κ1) is 16.1. The van der Waals surface area contributed by atoms with E-state index in [-0.39, 0.29) is 18.1 Å². The zero-order valence-electron chi connectivity index (χ0n) is 11.6. The Bertz CT molecular complexity index is 312. The fraction of sp³-hybridized carbons (Fsp3) is 0.846. The summed E-state index contributed by atoms with van der Waals surface area (Å²) in [7, 11) is 0. The second-order valence-corrected chi connectivity index (χ2v) is 6.07. The Balaban J connectivity index is 2.51. The lowest BCUT2D eigenvalue weighted by Gasteiger charge is -2.24. The van der Waals surface area contributed by atoms with Crippen molar-refractivity contribution >= 4 is 23.8 Å². The number of carboxylic acids is 1. The number of nitrogens with one attached hydrogen (secondary N) is 2. The molecule has 0 radical (unpaired) electrons. The highest BCUT2D eigenvalue weighted by atomic mass is 32.2. The number of urea groups is 1. The number of carboxylic acid groups (broad SMARTS) is 1. The fourth-order valence-corrected chi connectivity index (χ4v) is 3.08. The van der Waals surface area contributed by atoms with Gasteiger partial charge in [0.25, 0.3) is 0 Å². The third kappa shape index (κ3) is 5.72. The molecule has 6 heteroatoms. The van der Waals surface area contributed by atoms with E-state index in [2.05, 4.69) is 10.6 Å². The first-order valence-electron chi connectivity index (χ1n) is 6.83. The standard InChI is InChI=1S/C13H24N2O3S/c1-9(8-19-2)14-13(18)15-11-7-5-3-4-6-10(11)12(16)17/h9-11H,3-8H2,1-2H3,(H,16,17)(H2,14,15,18). The molecule has 19 heavy (non-hydrogen) atoms. The van der Waals surface area contributed by atoms with Gasteiger partial charge in [0, 0.05) is 17.8 Å². The van der Waals surface area contributed by atoms with E-state index in [1.54, 1.807) is 11.8 Å². The molecule has 0 heterocycles. The lowest BCUT2D eigenvalue weighted by molar-refractivity contribution is -0.142. The Morgan fingerprint density at radius 1 is 1.32 bits per heavy atom. The maximum Gasteiger partial charge on any atom is 0.315 e. The average Bonchev–Trinajstić information content (AvgIpc) is 2.54. The van der Waals surface area contributed by atoms with Gasteiger partial charge in [-0.3, -0.25) is 4.79 Å². The minimum absolute atomic E-state index is 0.0871. The van der Waals surface area contributed by atoms with Crippen molar-refractivity contribution in [2.24, 2.45) is 5.92 Å². The highest BCUT2D eigenvalue weighted by Crippen LogP contribution is 2.23. The van der Waals surface area contributed by atoms with Gasteiger partial charge in [0.1, 0.15) is 0 Å². The summed E-state index contributed by atoms with van der Waals surface area (Å²) in [5.74, 6) is -0.408. The topological polar surface area (TPSA) is 78.4 Å². The zero-order chi connectivity index (χ0) is 14.3. The van der Waals surface area contributed by atoms with Crippen LogP contribution in [0.2, 0.25) is 0 Å². The Morgan fingerprint density at radius 3 is 2.63 bits per heavy atom. The quantitative estimate of drug-likeness (QED) is 0.677. The maximum atomic E-state index is 11.9. The predicted octanol–water partition coefficient (Wildman–Crippen LogP) is 2.07. The van der Waals surface area contributed by atoms with Crippen LogP contribution < -0.4 is 10.6 Å². The molecule has 0 aliphatic heterocycles. The summed E-state index contributed by atoms with van der Waals surface area (Å²) in [4.78, 5) is 23.1. The van der Waals surface area contributed by atoms with Crippen molar-refractivity contribution in [3.8, 4) is 0 Å². The molecule has 0 aromatic heterocycles. The van der Waals surface area contributed by atoms with Gasteiger partial charge in [-0.05, 0) is 26.0 Å². The van der Waals surface area contributed by atoms with E-state index in [9.17, 15) is 14.7 Å². The predicted molar refractivity (Wildman–Crippen MR) is 77.5 cm³/mol. The monoisotopic (exact) mass is 288 g/mol. The van der Waals surface area contributed by atoms with Crippen LogP contribution in [0.25, 0.3) is 0 Å². The lowest BCUT2D eigenvalue weighted by Crippen LogP contribution is -2.49. The normalized spacial score (nSPS) is 25.2. The molecule has 3 N–H and O–H groups in total. The SMILES string of the molecule is CSCC(C)NC(=O)NC1CCCCCC1C(=O)O. The number of amides is 2. The van der Waals surface area contributed by atoms with Crippen LogP contribution in [0.15, 0.2) is 0 Å². The summed E-state index contributed by atoms with van der Waals surface area (Å²) >= 11 is 1.67. The van der Waals surface area contributed by atoms with Gasteiger partial charge in [-0.1, -0.05) is 19.3 Å². The second kappa shape index (κ2) is 8.30. The molecule has 5 nitrogen and oxygen atoms in total. The summed E-state index contributed by atoms with van der Waals surface area (Å²) in [5.41, 5.74) is 0. The minimum Gasteiger partial charge on any atom is -0.481 e. The van der Waals surface area contributed by atoms with E-state index >= 15 is 0 Å². The van der Waals surface area contributed by atoms with Crippen LogP contribution >= 0.6 is 11.8 Å². The van der Waals surface area contributed by atoms with Gasteiger partial charge >= 0.3 is 12.0 Å². The van der Waals surface area contributed by atoms with E-state index in [0.717, 1.165) is 31.4 Å². The second-order valence-electron chi connectivity index (χ2n) is 5.16. The number of aliphatic carboxylic acids is 1. The summed E-state index contributed by atoms with van der Waals surface area (Å²) in [6.45, 7) is 1.94. The van der Waals surface area contributed by atoms with Gasteiger partial charge in [-0.2, -0.15) is 11.8 Å². The summed E-state index contributed by atoms with van der Waals surface area (Å²) < 4.78 is 0. The molecule has 1 saturated carbocycles. The van der Waals surface area contributed by atoms with Crippen LogP contribution in [-0.4, -0.2) is 41.2 Å². The Labute approximate surface area is 118 Å². The smallest absolute Gasteiger partial charge is 0.315 e. The van der Waals surface area contributed by atoms with E-state index in [4.69, 9.17) is 0 Å². The van der Waals surface area contributed by atoms with E-state index in [1.807, 2.05) is 13.2 Å². The molecule has 0 bridgehead atoms. The Kier molecular flexibility index (Phi) is 7.05. The molecule has 2 amide bonds. The third-order valence-corrected chi connectivity index (χ3v) is 4.28. The van der Waals surface area contributed by atoms with Crippen molar-refractivity contribution < 1.29 is 14.7 Å². The van der Waals surface area contributed by atoms with Crippen LogP contribution in [0.5, 0.6) is 0 Å². The molecule has 110 valence electrons. The van der Waals surface area contributed by atoms with Crippen LogP contribution in [0.3, 0.4) is 0 Å². The van der Waals surface area contributed by atoms with Crippen LogP contribution in [0, 0.1) is 5.92 Å². The largest absolute Gasteiger partial charge is 0.481 e. The molecule has 1 aliphatic carbocycles. The zero-order valence-corrected chi connectivity index (χ0v) is 12.5. The van der Waals surface area contributed by atoms with E-state index < -0.39 is 11.9 Å². The lowest BCUT2D eigenvalue weighted by atomic mass is 9.95. The fourth-order valence-electron chi connectivity index (χ4n) is 2.50. The Hall–Kier alpha value is -0.910. The summed E-state index contributed by atoms with van der Waals surface area (Å²) in [5, 5.41) is 14.9. The van der Waals surface area contributed by atoms with Crippen molar-refractivity contribution in [2.45, 2.75) is 51.1 Å². The first-order chi connectivity index (χ1) is 9.04. The van der Waals surface area contributed by atoms with Crippen molar-refractivity contribution in [1.29, 1.82) is 0 Å². The van der Waals surface area contributed by atoms with E-state index in [0.29, 0.717) is 6.42 Å². The van der Waals surface area contributed by atoms with Crippen molar-refractivity contribution in [3.05, 3.63) is 0 Å².